The van der Waals surface area contributed by atoms with E-state index >= 15 is 0 Å². The van der Waals surface area contributed by atoms with E-state index in [0.29, 0.717) is 17.0 Å². The van der Waals surface area contributed by atoms with E-state index in [1.165, 1.54) is 19.3 Å². The van der Waals surface area contributed by atoms with Crippen LogP contribution in [0.25, 0.3) is 17.0 Å². The fraction of sp³-hybridized carbons (Fsp3) is 0.0833. The maximum Gasteiger partial charge on any atom is 0.213 e. The lowest BCUT2D eigenvalue weighted by molar-refractivity contribution is 0.399. The monoisotopic (exact) mass is 203 g/mol. The predicted molar refractivity (Wildman–Crippen MR) is 58.3 cm³/mol. The Labute approximate surface area is 87.0 Å². The van der Waals surface area contributed by atoms with E-state index in [0.717, 1.165) is 5.39 Å². The molecule has 0 radical (unpaired) electrons. The lowest BCUT2D eigenvalue weighted by Gasteiger charge is -2.05. The van der Waals surface area contributed by atoms with Crippen molar-refractivity contribution >= 4 is 17.0 Å². The summed E-state index contributed by atoms with van der Waals surface area (Å²) in [5.41, 5.74) is 0.982. The van der Waals surface area contributed by atoms with Crippen LogP contribution in [0.4, 0.5) is 4.39 Å². The van der Waals surface area contributed by atoms with Crippen molar-refractivity contribution in [2.24, 2.45) is 0 Å². The van der Waals surface area contributed by atoms with Crippen molar-refractivity contribution in [1.82, 2.24) is 4.98 Å². The molecule has 0 bridgehead atoms. The van der Waals surface area contributed by atoms with Crippen LogP contribution in [0, 0.1) is 5.82 Å². The van der Waals surface area contributed by atoms with Crippen molar-refractivity contribution in [1.29, 1.82) is 0 Å². The van der Waals surface area contributed by atoms with E-state index in [-0.39, 0.29) is 5.82 Å². The SMILES string of the molecule is C=Cc1c(F)ccc2ccc(OC)nc12. The molecule has 1 aromatic carbocycles. The van der Waals surface area contributed by atoms with Crippen LogP contribution in [-0.2, 0) is 0 Å². The number of ether oxygens (including phenoxy) is 1. The second-order valence-electron chi connectivity index (χ2n) is 3.09. The Balaban J connectivity index is 2.81. The Bertz CT molecular complexity index is 522. The zero-order valence-corrected chi connectivity index (χ0v) is 8.33. The summed E-state index contributed by atoms with van der Waals surface area (Å²) in [5, 5.41) is 0.868. The highest BCUT2D eigenvalue weighted by atomic mass is 19.1. The Hall–Kier alpha value is -1.90. The van der Waals surface area contributed by atoms with Crippen LogP contribution in [0.2, 0.25) is 0 Å². The summed E-state index contributed by atoms with van der Waals surface area (Å²) in [5.74, 6) is 0.148. The normalized spacial score (nSPS) is 10.3. The molecule has 0 N–H and O–H groups in total. The molecular formula is C12H10FNO. The molecule has 0 atom stereocenters. The Kier molecular flexibility index (Phi) is 2.37. The largest absolute Gasteiger partial charge is 0.481 e. The third-order valence-corrected chi connectivity index (χ3v) is 2.24. The first kappa shape index (κ1) is 9.65. The van der Waals surface area contributed by atoms with Gasteiger partial charge in [-0.3, -0.25) is 0 Å². The van der Waals surface area contributed by atoms with Crippen LogP contribution in [0.15, 0.2) is 30.8 Å². The molecule has 0 aliphatic carbocycles. The summed E-state index contributed by atoms with van der Waals surface area (Å²) in [6.45, 7) is 3.58. The fourth-order valence-corrected chi connectivity index (χ4v) is 1.48. The van der Waals surface area contributed by atoms with Crippen LogP contribution >= 0.6 is 0 Å². The van der Waals surface area contributed by atoms with Crippen LogP contribution < -0.4 is 4.74 Å². The van der Waals surface area contributed by atoms with Gasteiger partial charge in [-0.05, 0) is 18.2 Å². The molecule has 0 saturated heterocycles. The first-order chi connectivity index (χ1) is 7.26. The number of hydrogen-bond acceptors (Lipinski definition) is 2. The minimum absolute atomic E-state index is 0.321. The first-order valence-corrected chi connectivity index (χ1v) is 4.52. The molecule has 0 fully saturated rings. The molecule has 2 nitrogen and oxygen atoms in total. The summed E-state index contributed by atoms with van der Waals surface area (Å²) in [7, 11) is 1.53. The molecule has 0 spiro atoms. The number of aromatic nitrogens is 1. The van der Waals surface area contributed by atoms with Gasteiger partial charge in [-0.1, -0.05) is 12.7 Å². The average Bonchev–Trinajstić information content (AvgIpc) is 2.28. The van der Waals surface area contributed by atoms with Gasteiger partial charge in [-0.15, -0.1) is 0 Å². The number of hydrogen-bond donors (Lipinski definition) is 0. The topological polar surface area (TPSA) is 22.1 Å². The molecule has 1 heterocycles. The third kappa shape index (κ3) is 1.56. The van der Waals surface area contributed by atoms with Crippen molar-refractivity contribution in [3.8, 4) is 5.88 Å². The maximum atomic E-state index is 13.4. The minimum Gasteiger partial charge on any atom is -0.481 e. The molecule has 0 aliphatic heterocycles. The number of nitrogens with zero attached hydrogens (tertiary/aromatic N) is 1. The quantitative estimate of drug-likeness (QED) is 0.748. The van der Waals surface area contributed by atoms with Crippen LogP contribution in [-0.4, -0.2) is 12.1 Å². The zero-order chi connectivity index (χ0) is 10.8. The molecule has 0 saturated carbocycles. The van der Waals surface area contributed by atoms with Gasteiger partial charge in [0, 0.05) is 17.0 Å². The number of benzene rings is 1. The van der Waals surface area contributed by atoms with E-state index in [1.807, 2.05) is 6.07 Å². The van der Waals surface area contributed by atoms with Crippen molar-refractivity contribution in [2.75, 3.05) is 7.11 Å². The number of pyridine rings is 1. The smallest absolute Gasteiger partial charge is 0.213 e. The van der Waals surface area contributed by atoms with Gasteiger partial charge in [-0.25, -0.2) is 9.37 Å². The summed E-state index contributed by atoms with van der Waals surface area (Å²) in [4.78, 5) is 4.19. The van der Waals surface area contributed by atoms with E-state index in [9.17, 15) is 4.39 Å². The van der Waals surface area contributed by atoms with Crippen LogP contribution in [0.5, 0.6) is 5.88 Å². The molecule has 0 aliphatic rings. The van der Waals surface area contributed by atoms with Gasteiger partial charge in [-0.2, -0.15) is 0 Å². The number of halogens is 1. The summed E-state index contributed by atoms with van der Waals surface area (Å²) in [6, 6.07) is 6.68. The number of fused-ring (bicyclic) bond motifs is 1. The van der Waals surface area contributed by atoms with Gasteiger partial charge in [0.05, 0.1) is 12.6 Å². The molecule has 76 valence electrons. The van der Waals surface area contributed by atoms with Crippen molar-refractivity contribution in [3.05, 3.63) is 42.2 Å². The first-order valence-electron chi connectivity index (χ1n) is 4.52. The highest BCUT2D eigenvalue weighted by molar-refractivity contribution is 5.87. The molecule has 2 aromatic rings. The lowest BCUT2D eigenvalue weighted by atomic mass is 10.1. The Morgan fingerprint density at radius 1 is 1.33 bits per heavy atom. The maximum absolute atomic E-state index is 13.4. The molecule has 0 amide bonds. The van der Waals surface area contributed by atoms with Gasteiger partial charge in [0.2, 0.25) is 5.88 Å². The predicted octanol–water partition coefficient (Wildman–Crippen LogP) is 3.03. The molecule has 2 rings (SSSR count). The summed E-state index contributed by atoms with van der Waals surface area (Å²) in [6.07, 6.45) is 1.46. The molecular weight excluding hydrogens is 193 g/mol. The van der Waals surface area contributed by atoms with Crippen molar-refractivity contribution in [3.63, 3.8) is 0 Å². The van der Waals surface area contributed by atoms with Crippen molar-refractivity contribution in [2.45, 2.75) is 0 Å². The molecule has 3 heteroatoms. The second kappa shape index (κ2) is 3.69. The Morgan fingerprint density at radius 3 is 2.73 bits per heavy atom. The average molecular weight is 203 g/mol. The van der Waals surface area contributed by atoms with Gasteiger partial charge in [0.15, 0.2) is 0 Å². The second-order valence-corrected chi connectivity index (χ2v) is 3.09. The third-order valence-electron chi connectivity index (χ3n) is 2.24. The van der Waals surface area contributed by atoms with E-state index < -0.39 is 0 Å². The summed E-state index contributed by atoms with van der Waals surface area (Å²) >= 11 is 0. The number of methoxy groups -OCH3 is 1. The fourth-order valence-electron chi connectivity index (χ4n) is 1.48. The number of rotatable bonds is 2. The molecule has 0 unspecified atom stereocenters. The molecule has 15 heavy (non-hydrogen) atoms. The summed E-state index contributed by atoms with van der Waals surface area (Å²) < 4.78 is 18.4. The van der Waals surface area contributed by atoms with Crippen LogP contribution in [0.3, 0.4) is 0 Å². The minimum atomic E-state index is -0.321. The van der Waals surface area contributed by atoms with Crippen molar-refractivity contribution < 1.29 is 9.13 Å². The Morgan fingerprint density at radius 2 is 2.07 bits per heavy atom. The van der Waals surface area contributed by atoms with Gasteiger partial charge >= 0.3 is 0 Å². The van der Waals surface area contributed by atoms with E-state index in [4.69, 9.17) is 4.74 Å². The lowest BCUT2D eigenvalue weighted by Crippen LogP contribution is -1.91. The van der Waals surface area contributed by atoms with Gasteiger partial charge in [0.25, 0.3) is 0 Å². The van der Waals surface area contributed by atoms with Gasteiger partial charge < -0.3 is 4.74 Å². The van der Waals surface area contributed by atoms with Gasteiger partial charge in [0.1, 0.15) is 5.82 Å². The van der Waals surface area contributed by atoms with E-state index in [2.05, 4.69) is 11.6 Å². The van der Waals surface area contributed by atoms with Crippen LogP contribution in [0.1, 0.15) is 5.56 Å². The highest BCUT2D eigenvalue weighted by Crippen LogP contribution is 2.23. The zero-order valence-electron chi connectivity index (χ0n) is 8.33. The standard InChI is InChI=1S/C12H10FNO/c1-3-9-10(13)6-4-8-5-7-11(15-2)14-12(8)9/h3-7H,1H2,2H3. The molecule has 1 aromatic heterocycles. The highest BCUT2D eigenvalue weighted by Gasteiger charge is 2.06. The van der Waals surface area contributed by atoms with E-state index in [1.54, 1.807) is 12.1 Å².